The molecule has 0 heterocycles. The van der Waals surface area contributed by atoms with Gasteiger partial charge in [-0.2, -0.15) is 0 Å². The lowest BCUT2D eigenvalue weighted by Gasteiger charge is -2.16. The van der Waals surface area contributed by atoms with Gasteiger partial charge in [0.2, 0.25) is 0 Å². The molecule has 2 nitrogen and oxygen atoms in total. The summed E-state index contributed by atoms with van der Waals surface area (Å²) in [5, 5.41) is 0. The summed E-state index contributed by atoms with van der Waals surface area (Å²) in [4.78, 5) is 0. The predicted octanol–water partition coefficient (Wildman–Crippen LogP) is 2.12. The molecule has 0 atom stereocenters. The van der Waals surface area contributed by atoms with Gasteiger partial charge >= 0.3 is 0 Å². The van der Waals surface area contributed by atoms with E-state index in [1.165, 1.54) is 6.26 Å². The van der Waals surface area contributed by atoms with Gasteiger partial charge in [0.25, 0.3) is 0 Å². The zero-order chi connectivity index (χ0) is 9.12. The Morgan fingerprint density at radius 3 is 2.00 bits per heavy atom. The molecule has 0 amide bonds. The first-order valence-corrected chi connectivity index (χ1v) is 6.94. The quantitative estimate of drug-likeness (QED) is 0.648. The Morgan fingerprint density at radius 2 is 1.73 bits per heavy atom. The molecule has 0 radical (unpaired) electrons. The molecule has 11 heavy (non-hydrogen) atoms. The maximum Gasteiger partial charge on any atom is 0.198 e. The van der Waals surface area contributed by atoms with Crippen molar-refractivity contribution >= 4 is 19.7 Å². The minimum atomic E-state index is -2.83. The highest BCUT2D eigenvalue weighted by Gasteiger charge is 2.11. The second-order valence-corrected chi connectivity index (χ2v) is 8.41. The largest absolute Gasteiger partial charge is 0.218 e. The van der Waals surface area contributed by atoms with Crippen molar-refractivity contribution in [3.05, 3.63) is 0 Å². The van der Waals surface area contributed by atoms with Crippen LogP contribution in [-0.2, 0) is 8.87 Å². The van der Waals surface area contributed by atoms with Gasteiger partial charge in [-0.3, -0.25) is 0 Å². The summed E-state index contributed by atoms with van der Waals surface area (Å²) in [7, 11) is -1.80. The van der Waals surface area contributed by atoms with E-state index in [0.29, 0.717) is 5.75 Å². The molecule has 0 aromatic carbocycles. The van der Waals surface area contributed by atoms with Crippen LogP contribution in [0.25, 0.3) is 0 Å². The molecular formula is C7H16O2S2. The molecule has 4 heteroatoms. The van der Waals surface area contributed by atoms with Crippen LogP contribution in [0, 0.1) is 5.41 Å². The van der Waals surface area contributed by atoms with Gasteiger partial charge in [-0.1, -0.05) is 20.8 Å². The van der Waals surface area contributed by atoms with Crippen molar-refractivity contribution in [3.8, 4) is 0 Å². The van der Waals surface area contributed by atoms with Crippen molar-refractivity contribution in [1.29, 1.82) is 0 Å². The average Bonchev–Trinajstić information content (AvgIpc) is 1.55. The molecule has 0 saturated carbocycles. The molecular weight excluding hydrogens is 180 g/mol. The first kappa shape index (κ1) is 11.3. The third kappa shape index (κ3) is 10.3. The average molecular weight is 196 g/mol. The fourth-order valence-electron chi connectivity index (χ4n) is 0.499. The van der Waals surface area contributed by atoms with Gasteiger partial charge in [-0.15, -0.1) is 0 Å². The van der Waals surface area contributed by atoms with E-state index in [2.05, 4.69) is 20.8 Å². The van der Waals surface area contributed by atoms with Gasteiger partial charge in [0.15, 0.2) is 8.87 Å². The van der Waals surface area contributed by atoms with Crippen LogP contribution in [0.1, 0.15) is 27.2 Å². The Morgan fingerprint density at radius 1 is 1.27 bits per heavy atom. The number of hydrogen-bond acceptors (Lipinski definition) is 3. The van der Waals surface area contributed by atoms with E-state index in [1.54, 1.807) is 0 Å². The summed E-state index contributed by atoms with van der Waals surface area (Å²) in [6.45, 7) is 6.32. The van der Waals surface area contributed by atoms with Crippen molar-refractivity contribution in [3.63, 3.8) is 0 Å². The Hall–Kier alpha value is 0.300. The fourth-order valence-corrected chi connectivity index (χ4v) is 2.66. The highest BCUT2D eigenvalue weighted by Crippen LogP contribution is 2.23. The third-order valence-corrected chi connectivity index (χ3v) is 3.73. The molecule has 0 saturated heterocycles. The second-order valence-electron chi connectivity index (χ2n) is 3.84. The minimum absolute atomic E-state index is 0.234. The summed E-state index contributed by atoms with van der Waals surface area (Å²) >= 11 is 0. The third-order valence-electron chi connectivity index (χ3n) is 1.15. The molecule has 0 rings (SSSR count). The Kier molecular flexibility index (Phi) is 3.91. The van der Waals surface area contributed by atoms with Crippen LogP contribution in [0.4, 0.5) is 0 Å². The predicted molar refractivity (Wildman–Crippen MR) is 51.4 cm³/mol. The highest BCUT2D eigenvalue weighted by molar-refractivity contribution is 8.71. The van der Waals surface area contributed by atoms with Crippen molar-refractivity contribution in [2.24, 2.45) is 5.41 Å². The van der Waals surface area contributed by atoms with E-state index < -0.39 is 8.87 Å². The van der Waals surface area contributed by atoms with Crippen LogP contribution in [0.3, 0.4) is 0 Å². The molecule has 0 aliphatic rings. The van der Waals surface area contributed by atoms with Gasteiger partial charge in [-0.05, 0) is 22.6 Å². The summed E-state index contributed by atoms with van der Waals surface area (Å²) < 4.78 is 21.4. The Bertz CT molecular complexity index is 199. The SMILES string of the molecule is CC(C)(C)CCSS(C)(=O)=O. The molecule has 0 fully saturated rings. The Balaban J connectivity index is 3.61. The summed E-state index contributed by atoms with van der Waals surface area (Å²) in [5.41, 5.74) is 0.234. The van der Waals surface area contributed by atoms with Crippen molar-refractivity contribution < 1.29 is 8.42 Å². The molecule has 68 valence electrons. The molecule has 0 aliphatic heterocycles. The zero-order valence-electron chi connectivity index (χ0n) is 7.55. The topological polar surface area (TPSA) is 34.1 Å². The van der Waals surface area contributed by atoms with Gasteiger partial charge in [0.1, 0.15) is 0 Å². The van der Waals surface area contributed by atoms with Crippen LogP contribution < -0.4 is 0 Å². The standard InChI is InChI=1S/C7H16O2S2/c1-7(2,3)5-6-10-11(4,8)9/h5-6H2,1-4H3. The van der Waals surface area contributed by atoms with E-state index in [1.807, 2.05) is 0 Å². The summed E-state index contributed by atoms with van der Waals surface area (Å²) in [6, 6.07) is 0. The normalized spacial score (nSPS) is 13.5. The lowest BCUT2D eigenvalue weighted by Crippen LogP contribution is -2.06. The monoisotopic (exact) mass is 196 g/mol. The maximum absolute atomic E-state index is 10.7. The van der Waals surface area contributed by atoms with Crippen LogP contribution in [-0.4, -0.2) is 20.4 Å². The molecule has 0 spiro atoms. The van der Waals surface area contributed by atoms with E-state index in [0.717, 1.165) is 17.2 Å². The second kappa shape index (κ2) is 3.81. The lowest BCUT2D eigenvalue weighted by molar-refractivity contribution is 0.402. The van der Waals surface area contributed by atoms with Crippen LogP contribution in [0.5, 0.6) is 0 Å². The molecule has 0 bridgehead atoms. The van der Waals surface area contributed by atoms with Gasteiger partial charge < -0.3 is 0 Å². The van der Waals surface area contributed by atoms with Gasteiger partial charge in [-0.25, -0.2) is 8.42 Å². The van der Waals surface area contributed by atoms with Crippen LogP contribution >= 0.6 is 10.8 Å². The summed E-state index contributed by atoms with van der Waals surface area (Å²) in [5.74, 6) is 0.697. The maximum atomic E-state index is 10.7. The van der Waals surface area contributed by atoms with E-state index in [9.17, 15) is 8.42 Å². The van der Waals surface area contributed by atoms with E-state index in [4.69, 9.17) is 0 Å². The molecule has 0 aliphatic carbocycles. The van der Waals surface area contributed by atoms with Crippen molar-refractivity contribution in [2.45, 2.75) is 27.2 Å². The van der Waals surface area contributed by atoms with E-state index >= 15 is 0 Å². The fraction of sp³-hybridized carbons (Fsp3) is 1.00. The first-order valence-electron chi connectivity index (χ1n) is 3.55. The van der Waals surface area contributed by atoms with Crippen LogP contribution in [0.2, 0.25) is 0 Å². The number of hydrogen-bond donors (Lipinski definition) is 0. The lowest BCUT2D eigenvalue weighted by atomic mass is 9.94. The zero-order valence-corrected chi connectivity index (χ0v) is 9.18. The molecule has 0 aromatic heterocycles. The highest BCUT2D eigenvalue weighted by atomic mass is 33.1. The Labute approximate surface area is 73.1 Å². The smallest absolute Gasteiger partial charge is 0.198 e. The summed E-state index contributed by atoms with van der Waals surface area (Å²) in [6.07, 6.45) is 2.19. The van der Waals surface area contributed by atoms with Crippen molar-refractivity contribution in [2.75, 3.05) is 12.0 Å². The molecule has 0 aromatic rings. The van der Waals surface area contributed by atoms with Crippen LogP contribution in [0.15, 0.2) is 0 Å². The minimum Gasteiger partial charge on any atom is -0.218 e. The van der Waals surface area contributed by atoms with Gasteiger partial charge in [0, 0.05) is 12.0 Å². The molecule has 0 unspecified atom stereocenters. The molecule has 0 N–H and O–H groups in total. The number of rotatable bonds is 3. The van der Waals surface area contributed by atoms with E-state index in [-0.39, 0.29) is 5.41 Å². The van der Waals surface area contributed by atoms with Gasteiger partial charge in [0.05, 0.1) is 0 Å². The first-order chi connectivity index (χ1) is 4.71. The van der Waals surface area contributed by atoms with Crippen molar-refractivity contribution in [1.82, 2.24) is 0 Å².